The van der Waals surface area contributed by atoms with Crippen molar-refractivity contribution in [2.75, 3.05) is 0 Å². The van der Waals surface area contributed by atoms with Gasteiger partial charge in [-0.2, -0.15) is 5.10 Å². The Labute approximate surface area is 87.0 Å². The van der Waals surface area contributed by atoms with E-state index in [0.717, 1.165) is 11.1 Å². The molecular formula is C11H9N3O. The van der Waals surface area contributed by atoms with Gasteiger partial charge >= 0.3 is 0 Å². The molecule has 4 heteroatoms. The molecule has 15 heavy (non-hydrogen) atoms. The van der Waals surface area contributed by atoms with Crippen LogP contribution in [0.3, 0.4) is 0 Å². The maximum atomic E-state index is 10.5. The van der Waals surface area contributed by atoms with E-state index < -0.39 is 0 Å². The Kier molecular flexibility index (Phi) is 2.49. The first-order valence-electron chi connectivity index (χ1n) is 4.52. The van der Waals surface area contributed by atoms with Crippen molar-refractivity contribution in [3.8, 4) is 11.3 Å². The Hall–Kier alpha value is -2.10. The van der Waals surface area contributed by atoms with Gasteiger partial charge in [0.1, 0.15) is 0 Å². The highest BCUT2D eigenvalue weighted by Crippen LogP contribution is 2.19. The first-order valence-corrected chi connectivity index (χ1v) is 4.52. The zero-order valence-corrected chi connectivity index (χ0v) is 8.21. The zero-order valence-electron chi connectivity index (χ0n) is 8.21. The summed E-state index contributed by atoms with van der Waals surface area (Å²) in [5.74, 6) is 0.107. The van der Waals surface area contributed by atoms with E-state index in [9.17, 15) is 4.79 Å². The average molecular weight is 199 g/mol. The molecule has 0 fully saturated rings. The molecule has 0 N–H and O–H groups in total. The van der Waals surface area contributed by atoms with Crippen molar-refractivity contribution in [2.45, 2.75) is 6.92 Å². The second kappa shape index (κ2) is 3.96. The standard InChI is InChI=1S/C11H9N3O/c1-8-4-2-3-5-9(8)10-6-12-14-11(7-15)13-10/h2-7H,1H3. The number of aromatic nitrogens is 3. The van der Waals surface area contributed by atoms with Gasteiger partial charge in [0, 0.05) is 5.56 Å². The van der Waals surface area contributed by atoms with Crippen molar-refractivity contribution in [2.24, 2.45) is 0 Å². The number of hydrogen-bond donors (Lipinski definition) is 0. The van der Waals surface area contributed by atoms with E-state index in [1.165, 1.54) is 0 Å². The van der Waals surface area contributed by atoms with Crippen molar-refractivity contribution in [1.29, 1.82) is 0 Å². The topological polar surface area (TPSA) is 55.7 Å². The number of hydrogen-bond acceptors (Lipinski definition) is 4. The van der Waals surface area contributed by atoms with Gasteiger partial charge in [-0.1, -0.05) is 24.3 Å². The fourth-order valence-corrected chi connectivity index (χ4v) is 1.36. The SMILES string of the molecule is Cc1ccccc1-c1cnnc(C=O)n1. The minimum Gasteiger partial charge on any atom is -0.294 e. The number of aryl methyl sites for hydroxylation is 1. The van der Waals surface area contributed by atoms with Crippen LogP contribution in [0.5, 0.6) is 0 Å². The molecule has 2 aromatic rings. The van der Waals surface area contributed by atoms with Gasteiger partial charge in [0.2, 0.25) is 5.82 Å². The predicted molar refractivity (Wildman–Crippen MR) is 55.4 cm³/mol. The molecule has 0 unspecified atom stereocenters. The maximum Gasteiger partial charge on any atom is 0.215 e. The molecule has 0 aliphatic rings. The van der Waals surface area contributed by atoms with Gasteiger partial charge < -0.3 is 0 Å². The second-order valence-corrected chi connectivity index (χ2v) is 3.13. The van der Waals surface area contributed by atoms with E-state index in [1.54, 1.807) is 6.20 Å². The molecular weight excluding hydrogens is 190 g/mol. The van der Waals surface area contributed by atoms with Crippen LogP contribution in [0.1, 0.15) is 16.2 Å². The molecule has 2 rings (SSSR count). The summed E-state index contributed by atoms with van der Waals surface area (Å²) in [7, 11) is 0. The summed E-state index contributed by atoms with van der Waals surface area (Å²) in [5.41, 5.74) is 2.73. The normalized spacial score (nSPS) is 9.93. The summed E-state index contributed by atoms with van der Waals surface area (Å²) in [6.45, 7) is 1.98. The Balaban J connectivity index is 2.54. The molecule has 0 atom stereocenters. The fourth-order valence-electron chi connectivity index (χ4n) is 1.36. The van der Waals surface area contributed by atoms with E-state index >= 15 is 0 Å². The summed E-state index contributed by atoms with van der Waals surface area (Å²) in [5, 5.41) is 7.31. The Morgan fingerprint density at radius 1 is 1.27 bits per heavy atom. The first kappa shape index (κ1) is 9.45. The molecule has 0 bridgehead atoms. The lowest BCUT2D eigenvalue weighted by Gasteiger charge is -2.03. The monoisotopic (exact) mass is 199 g/mol. The quantitative estimate of drug-likeness (QED) is 0.690. The van der Waals surface area contributed by atoms with Gasteiger partial charge in [-0.3, -0.25) is 4.79 Å². The second-order valence-electron chi connectivity index (χ2n) is 3.13. The minimum absolute atomic E-state index is 0.107. The van der Waals surface area contributed by atoms with Crippen LogP contribution in [0.25, 0.3) is 11.3 Å². The largest absolute Gasteiger partial charge is 0.294 e. The minimum atomic E-state index is 0.107. The fraction of sp³-hybridized carbons (Fsp3) is 0.0909. The number of benzene rings is 1. The third kappa shape index (κ3) is 1.88. The summed E-state index contributed by atoms with van der Waals surface area (Å²) in [6.07, 6.45) is 2.14. The molecule has 0 spiro atoms. The van der Waals surface area contributed by atoms with Gasteiger partial charge in [0.05, 0.1) is 11.9 Å². The number of aldehydes is 1. The van der Waals surface area contributed by atoms with Gasteiger partial charge in [-0.25, -0.2) is 4.98 Å². The van der Waals surface area contributed by atoms with Gasteiger partial charge in [0.25, 0.3) is 0 Å². The molecule has 0 aliphatic carbocycles. The average Bonchev–Trinajstić information content (AvgIpc) is 2.30. The lowest BCUT2D eigenvalue weighted by molar-refractivity contribution is 0.111. The molecule has 74 valence electrons. The third-order valence-corrected chi connectivity index (χ3v) is 2.10. The van der Waals surface area contributed by atoms with Crippen LogP contribution in [0.15, 0.2) is 30.5 Å². The smallest absolute Gasteiger partial charge is 0.215 e. The van der Waals surface area contributed by atoms with Crippen LogP contribution in [-0.4, -0.2) is 21.5 Å². The Bertz CT molecular complexity index is 497. The van der Waals surface area contributed by atoms with Gasteiger partial charge in [-0.05, 0) is 12.5 Å². The van der Waals surface area contributed by atoms with E-state index in [4.69, 9.17) is 0 Å². The molecule has 1 heterocycles. The van der Waals surface area contributed by atoms with Crippen LogP contribution in [-0.2, 0) is 0 Å². The van der Waals surface area contributed by atoms with E-state index in [0.29, 0.717) is 12.0 Å². The highest BCUT2D eigenvalue weighted by Gasteiger charge is 2.04. The van der Waals surface area contributed by atoms with Crippen LogP contribution in [0.4, 0.5) is 0 Å². The molecule has 0 aliphatic heterocycles. The Morgan fingerprint density at radius 2 is 2.07 bits per heavy atom. The number of carbonyl (C=O) groups is 1. The summed E-state index contributed by atoms with van der Waals surface area (Å²) >= 11 is 0. The molecule has 0 saturated carbocycles. The van der Waals surface area contributed by atoms with Crippen LogP contribution < -0.4 is 0 Å². The van der Waals surface area contributed by atoms with E-state index in [-0.39, 0.29) is 5.82 Å². The van der Waals surface area contributed by atoms with Crippen LogP contribution in [0.2, 0.25) is 0 Å². The number of rotatable bonds is 2. The van der Waals surface area contributed by atoms with E-state index in [2.05, 4.69) is 15.2 Å². The summed E-state index contributed by atoms with van der Waals surface area (Å²) in [4.78, 5) is 14.6. The van der Waals surface area contributed by atoms with Crippen molar-refractivity contribution >= 4 is 6.29 Å². The Morgan fingerprint density at radius 3 is 2.80 bits per heavy atom. The molecule has 0 amide bonds. The third-order valence-electron chi connectivity index (χ3n) is 2.10. The number of nitrogens with zero attached hydrogens (tertiary/aromatic N) is 3. The highest BCUT2D eigenvalue weighted by atomic mass is 16.1. The molecule has 0 radical (unpaired) electrons. The zero-order chi connectivity index (χ0) is 10.7. The van der Waals surface area contributed by atoms with E-state index in [1.807, 2.05) is 31.2 Å². The van der Waals surface area contributed by atoms with Crippen molar-refractivity contribution in [3.05, 3.63) is 41.9 Å². The lowest BCUT2D eigenvalue weighted by Crippen LogP contribution is -1.97. The van der Waals surface area contributed by atoms with Crippen LogP contribution >= 0.6 is 0 Å². The molecule has 1 aromatic carbocycles. The molecule has 4 nitrogen and oxygen atoms in total. The van der Waals surface area contributed by atoms with Crippen LogP contribution in [0, 0.1) is 6.92 Å². The number of carbonyl (C=O) groups excluding carboxylic acids is 1. The molecule has 1 aromatic heterocycles. The van der Waals surface area contributed by atoms with Crippen molar-refractivity contribution in [3.63, 3.8) is 0 Å². The molecule has 0 saturated heterocycles. The maximum absolute atomic E-state index is 10.5. The summed E-state index contributed by atoms with van der Waals surface area (Å²) in [6, 6.07) is 7.80. The van der Waals surface area contributed by atoms with Gasteiger partial charge in [0.15, 0.2) is 6.29 Å². The van der Waals surface area contributed by atoms with Gasteiger partial charge in [-0.15, -0.1) is 5.10 Å². The highest BCUT2D eigenvalue weighted by molar-refractivity contribution is 5.71. The summed E-state index contributed by atoms with van der Waals surface area (Å²) < 4.78 is 0. The lowest BCUT2D eigenvalue weighted by atomic mass is 10.1. The first-order chi connectivity index (χ1) is 7.31. The van der Waals surface area contributed by atoms with Crippen molar-refractivity contribution in [1.82, 2.24) is 15.2 Å². The predicted octanol–water partition coefficient (Wildman–Crippen LogP) is 1.66. The van der Waals surface area contributed by atoms with Crippen molar-refractivity contribution < 1.29 is 4.79 Å².